The lowest BCUT2D eigenvalue weighted by Gasteiger charge is -2.60. The first kappa shape index (κ1) is 20.8. The second-order valence-electron chi connectivity index (χ2n) is 10.6. The smallest absolute Gasteiger partial charge is 0.312 e. The predicted molar refractivity (Wildman–Crippen MR) is 116 cm³/mol. The lowest BCUT2D eigenvalue weighted by molar-refractivity contribution is -0.219. The van der Waals surface area contributed by atoms with E-state index in [0.29, 0.717) is 11.8 Å². The largest absolute Gasteiger partial charge is 0.508 e. The Kier molecular flexibility index (Phi) is 5.46. The van der Waals surface area contributed by atoms with Crippen molar-refractivity contribution in [2.24, 2.45) is 29.1 Å². The molecule has 0 aliphatic heterocycles. The van der Waals surface area contributed by atoms with E-state index >= 15 is 0 Å². The summed E-state index contributed by atoms with van der Waals surface area (Å²) in [6.07, 6.45) is 8.99. The van der Waals surface area contributed by atoms with Gasteiger partial charge in [0.2, 0.25) is 0 Å². The Morgan fingerprint density at radius 3 is 2.14 bits per heavy atom. The van der Waals surface area contributed by atoms with Crippen LogP contribution in [0, 0.1) is 29.1 Å². The number of hydrogen-bond acceptors (Lipinski definition) is 3. The van der Waals surface area contributed by atoms with Crippen LogP contribution in [0.15, 0.2) is 24.3 Å². The van der Waals surface area contributed by atoms with Gasteiger partial charge in [0.05, 0.1) is 5.41 Å². The summed E-state index contributed by atoms with van der Waals surface area (Å²) in [4.78, 5) is 13.6. The highest BCUT2D eigenvalue weighted by Crippen LogP contribution is 2.61. The van der Waals surface area contributed by atoms with Gasteiger partial charge in [-0.05, 0) is 106 Å². The normalized spacial score (nSPS) is 35.9. The zero-order chi connectivity index (χ0) is 20.8. The monoisotopic (exact) mass is 398 g/mol. The van der Waals surface area contributed by atoms with Crippen LogP contribution in [0.2, 0.25) is 0 Å². The van der Waals surface area contributed by atoms with Gasteiger partial charge in [-0.2, -0.15) is 0 Å². The molecule has 29 heavy (non-hydrogen) atoms. The number of rotatable bonds is 7. The molecule has 5 rings (SSSR count). The van der Waals surface area contributed by atoms with E-state index in [1.165, 1.54) is 32.1 Å². The number of esters is 1. The van der Waals surface area contributed by atoms with E-state index in [4.69, 9.17) is 4.74 Å². The lowest BCUT2D eigenvalue weighted by atomic mass is 9.49. The number of phenols is 1. The Labute approximate surface area is 176 Å². The highest BCUT2D eigenvalue weighted by molar-refractivity contribution is 5.77. The number of ether oxygens (including phenoxy) is 1. The first-order chi connectivity index (χ1) is 13.8. The average Bonchev–Trinajstić information content (AvgIpc) is 2.70. The number of benzene rings is 1. The van der Waals surface area contributed by atoms with Crippen molar-refractivity contribution in [2.75, 3.05) is 0 Å². The van der Waals surface area contributed by atoms with E-state index < -0.39 is 5.41 Å². The molecule has 3 heteroatoms. The second-order valence-corrected chi connectivity index (χ2v) is 10.6. The first-order valence-corrected chi connectivity index (χ1v) is 11.8. The molecule has 160 valence electrons. The standard InChI is InChI=1S/C26H38O3/c1-5-25(4,16-17(3)20-7-9-23(27)10-8-20)24(28)29-26(6-2)21-12-18-11-19(14-21)15-22(26)13-18/h7-10,17-19,21-22,27H,5-6,11-16H2,1-4H3. The van der Waals surface area contributed by atoms with Gasteiger partial charge in [0.1, 0.15) is 11.4 Å². The molecule has 0 spiro atoms. The molecule has 4 aliphatic carbocycles. The van der Waals surface area contributed by atoms with E-state index in [1.807, 2.05) is 12.1 Å². The Bertz CT molecular complexity index is 709. The molecular formula is C26H38O3. The maximum absolute atomic E-state index is 13.6. The van der Waals surface area contributed by atoms with Crippen molar-refractivity contribution in [3.8, 4) is 5.75 Å². The van der Waals surface area contributed by atoms with E-state index in [1.54, 1.807) is 12.1 Å². The number of aromatic hydroxyl groups is 1. The summed E-state index contributed by atoms with van der Waals surface area (Å²) in [6.45, 7) is 8.61. The number of carbonyl (C=O) groups is 1. The Morgan fingerprint density at radius 1 is 1.10 bits per heavy atom. The molecular weight excluding hydrogens is 360 g/mol. The molecule has 2 unspecified atom stereocenters. The molecule has 1 aromatic carbocycles. The van der Waals surface area contributed by atoms with Crippen LogP contribution in [0.3, 0.4) is 0 Å². The lowest BCUT2D eigenvalue weighted by Crippen LogP contribution is -2.60. The summed E-state index contributed by atoms with van der Waals surface area (Å²) in [5, 5.41) is 9.57. The predicted octanol–water partition coefficient (Wildman–Crippen LogP) is 6.45. The molecule has 4 bridgehead atoms. The van der Waals surface area contributed by atoms with Crippen molar-refractivity contribution in [1.29, 1.82) is 0 Å². The summed E-state index contributed by atoms with van der Waals surface area (Å²) < 4.78 is 6.60. The molecule has 4 saturated carbocycles. The van der Waals surface area contributed by atoms with Crippen LogP contribution >= 0.6 is 0 Å². The summed E-state index contributed by atoms with van der Waals surface area (Å²) in [7, 11) is 0. The van der Waals surface area contributed by atoms with E-state index in [2.05, 4.69) is 27.7 Å². The average molecular weight is 399 g/mol. The minimum atomic E-state index is -0.478. The van der Waals surface area contributed by atoms with Gasteiger partial charge < -0.3 is 9.84 Å². The Balaban J connectivity index is 1.51. The van der Waals surface area contributed by atoms with Gasteiger partial charge in [-0.3, -0.25) is 4.79 Å². The second kappa shape index (κ2) is 7.63. The Morgan fingerprint density at radius 2 is 1.66 bits per heavy atom. The van der Waals surface area contributed by atoms with Crippen molar-refractivity contribution in [3.63, 3.8) is 0 Å². The third kappa shape index (κ3) is 3.59. The molecule has 0 radical (unpaired) electrons. The summed E-state index contributed by atoms with van der Waals surface area (Å²) in [5.41, 5.74) is 0.465. The summed E-state index contributed by atoms with van der Waals surface area (Å²) in [5.74, 6) is 3.44. The van der Waals surface area contributed by atoms with E-state index in [-0.39, 0.29) is 23.2 Å². The fourth-order valence-corrected chi connectivity index (χ4v) is 7.06. The quantitative estimate of drug-likeness (QED) is 0.537. The van der Waals surface area contributed by atoms with E-state index in [9.17, 15) is 9.90 Å². The first-order valence-electron chi connectivity index (χ1n) is 11.8. The van der Waals surface area contributed by atoms with E-state index in [0.717, 1.165) is 36.7 Å². The van der Waals surface area contributed by atoms with Crippen LogP contribution in [0.1, 0.15) is 90.5 Å². The van der Waals surface area contributed by atoms with Crippen LogP contribution in [-0.2, 0) is 9.53 Å². The van der Waals surface area contributed by atoms with Gasteiger partial charge >= 0.3 is 5.97 Å². The molecule has 1 aromatic rings. The van der Waals surface area contributed by atoms with Crippen molar-refractivity contribution >= 4 is 5.97 Å². The molecule has 0 saturated heterocycles. The maximum Gasteiger partial charge on any atom is 0.312 e. The highest BCUT2D eigenvalue weighted by Gasteiger charge is 2.59. The van der Waals surface area contributed by atoms with Crippen molar-refractivity contribution in [3.05, 3.63) is 29.8 Å². The number of hydrogen-bond donors (Lipinski definition) is 1. The summed E-state index contributed by atoms with van der Waals surface area (Å²) in [6, 6.07) is 7.39. The fraction of sp³-hybridized carbons (Fsp3) is 0.731. The van der Waals surface area contributed by atoms with Gasteiger partial charge in [0.25, 0.3) is 0 Å². The summed E-state index contributed by atoms with van der Waals surface area (Å²) >= 11 is 0. The maximum atomic E-state index is 13.6. The van der Waals surface area contributed by atoms with Crippen LogP contribution in [0.4, 0.5) is 0 Å². The van der Waals surface area contributed by atoms with Gasteiger partial charge in [-0.1, -0.05) is 32.9 Å². The zero-order valence-corrected chi connectivity index (χ0v) is 18.6. The molecule has 0 heterocycles. The molecule has 4 fully saturated rings. The molecule has 0 aromatic heterocycles. The SMILES string of the molecule is CCC(C)(CC(C)c1ccc(O)cc1)C(=O)OC1(CC)C2CC3CC(C2)CC1C3. The van der Waals surface area contributed by atoms with Gasteiger partial charge in [-0.25, -0.2) is 0 Å². The van der Waals surface area contributed by atoms with Gasteiger partial charge in [-0.15, -0.1) is 0 Å². The molecule has 0 amide bonds. The van der Waals surface area contributed by atoms with Crippen molar-refractivity contribution in [2.45, 2.75) is 90.6 Å². The van der Waals surface area contributed by atoms with Gasteiger partial charge in [0.15, 0.2) is 0 Å². The third-order valence-electron chi connectivity index (χ3n) is 8.85. The van der Waals surface area contributed by atoms with Crippen LogP contribution in [-0.4, -0.2) is 16.7 Å². The topological polar surface area (TPSA) is 46.5 Å². The molecule has 2 atom stereocenters. The van der Waals surface area contributed by atoms with Gasteiger partial charge in [0, 0.05) is 0 Å². The highest BCUT2D eigenvalue weighted by atomic mass is 16.6. The number of carbonyl (C=O) groups excluding carboxylic acids is 1. The van der Waals surface area contributed by atoms with Crippen molar-refractivity contribution in [1.82, 2.24) is 0 Å². The van der Waals surface area contributed by atoms with Crippen LogP contribution in [0.5, 0.6) is 5.75 Å². The van der Waals surface area contributed by atoms with Crippen molar-refractivity contribution < 1.29 is 14.6 Å². The molecule has 3 nitrogen and oxygen atoms in total. The number of phenolic OH excluding ortho intramolecular Hbond substituents is 1. The minimum Gasteiger partial charge on any atom is -0.508 e. The van der Waals surface area contributed by atoms with Crippen LogP contribution < -0.4 is 0 Å². The third-order valence-corrected chi connectivity index (χ3v) is 8.85. The molecule has 4 aliphatic rings. The molecule has 1 N–H and O–H groups in total. The fourth-order valence-electron chi connectivity index (χ4n) is 7.06. The Hall–Kier alpha value is -1.51. The zero-order valence-electron chi connectivity index (χ0n) is 18.6. The minimum absolute atomic E-state index is 0.0138. The van der Waals surface area contributed by atoms with Crippen LogP contribution in [0.25, 0.3) is 0 Å².